The monoisotopic (exact) mass is 301 g/mol. The van der Waals surface area contributed by atoms with E-state index in [0.29, 0.717) is 5.75 Å². The second kappa shape index (κ2) is 6.66. The molecule has 4 nitrogen and oxygen atoms in total. The van der Waals surface area contributed by atoms with Crippen molar-refractivity contribution in [3.05, 3.63) is 28.8 Å². The van der Waals surface area contributed by atoms with Crippen molar-refractivity contribution in [2.24, 2.45) is 0 Å². The molecule has 0 amide bonds. The van der Waals surface area contributed by atoms with Crippen molar-refractivity contribution in [1.29, 1.82) is 0 Å². The Bertz CT molecular complexity index is 439. The molecule has 0 spiro atoms. The fraction of sp³-hybridized carbons (Fsp3) is 0.600. The summed E-state index contributed by atoms with van der Waals surface area (Å²) in [6.07, 6.45) is 0. The predicted octanol–water partition coefficient (Wildman–Crippen LogP) is 3.92. The maximum absolute atomic E-state index is 9.85. The highest BCUT2D eigenvalue weighted by molar-refractivity contribution is 7.30. The van der Waals surface area contributed by atoms with Gasteiger partial charge in [-0.25, -0.2) is 0 Å². The Morgan fingerprint density at radius 3 is 1.50 bits per heavy atom. The summed E-state index contributed by atoms with van der Waals surface area (Å²) in [5, 5.41) is 9.85. The second-order valence-electron chi connectivity index (χ2n) is 6.94. The van der Waals surface area contributed by atoms with Gasteiger partial charge in [-0.05, 0) is 40.5 Å². The number of aryl methyl sites for hydroxylation is 1. The average molecular weight is 301 g/mol. The molecule has 1 rings (SSSR count). The minimum Gasteiger partial charge on any atom is -0.508 e. The first kappa shape index (κ1) is 19.0. The fourth-order valence-corrected chi connectivity index (χ4v) is 1.94. The number of phenolic OH excluding ortho intramolecular Hbond substituents is 1. The largest absolute Gasteiger partial charge is 0.692 e. The van der Waals surface area contributed by atoms with Crippen LogP contribution in [0.25, 0.3) is 0 Å². The number of hydrogen-bond acceptors (Lipinski definition) is 2. The molecule has 0 atom stereocenters. The molecule has 114 valence electrons. The van der Waals surface area contributed by atoms with Crippen LogP contribution >= 0.6 is 8.25 Å². The minimum atomic E-state index is -2.87. The van der Waals surface area contributed by atoms with E-state index in [-0.39, 0.29) is 10.8 Å². The third-order valence-electron chi connectivity index (χ3n) is 2.95. The number of phenols is 1. The minimum absolute atomic E-state index is 0.0633. The molecule has 20 heavy (non-hydrogen) atoms. The predicted molar refractivity (Wildman–Crippen MR) is 82.3 cm³/mol. The first-order valence-corrected chi connectivity index (χ1v) is 7.63. The van der Waals surface area contributed by atoms with Gasteiger partial charge in [0.25, 0.3) is 0 Å². The first-order chi connectivity index (χ1) is 8.76. The summed E-state index contributed by atoms with van der Waals surface area (Å²) in [5.74, 6) is 0.401. The zero-order valence-corrected chi connectivity index (χ0v) is 14.2. The maximum Gasteiger partial charge on any atom is 0.692 e. The highest BCUT2D eigenvalue weighted by Crippen LogP contribution is 2.37. The molecule has 0 aromatic heterocycles. The SMILES string of the molecule is Cc1cc(C(C)(C)C)c(C(C)(C)C)cc1O.O=[P+](O)O. The zero-order valence-electron chi connectivity index (χ0n) is 13.4. The van der Waals surface area contributed by atoms with Crippen LogP contribution in [0, 0.1) is 6.92 Å². The summed E-state index contributed by atoms with van der Waals surface area (Å²) in [5.41, 5.74) is 3.70. The normalized spacial score (nSPS) is 11.7. The summed E-state index contributed by atoms with van der Waals surface area (Å²) in [4.78, 5) is 14.2. The average Bonchev–Trinajstić information content (AvgIpc) is 2.17. The summed E-state index contributed by atoms with van der Waals surface area (Å²) < 4.78 is 8.70. The fourth-order valence-electron chi connectivity index (χ4n) is 1.94. The van der Waals surface area contributed by atoms with Crippen molar-refractivity contribution >= 4 is 8.25 Å². The lowest BCUT2D eigenvalue weighted by Crippen LogP contribution is -2.22. The Morgan fingerprint density at radius 1 is 0.900 bits per heavy atom. The molecule has 0 aliphatic heterocycles. The molecule has 0 bridgehead atoms. The van der Waals surface area contributed by atoms with Crippen molar-refractivity contribution in [3.63, 3.8) is 0 Å². The van der Waals surface area contributed by atoms with E-state index < -0.39 is 8.25 Å². The summed E-state index contributed by atoms with van der Waals surface area (Å²) >= 11 is 0. The maximum atomic E-state index is 9.85. The van der Waals surface area contributed by atoms with Crippen LogP contribution < -0.4 is 0 Å². The quantitative estimate of drug-likeness (QED) is 0.635. The van der Waals surface area contributed by atoms with Gasteiger partial charge in [-0.2, -0.15) is 0 Å². The molecule has 0 saturated carbocycles. The molecule has 0 radical (unpaired) electrons. The highest BCUT2D eigenvalue weighted by Gasteiger charge is 2.25. The Balaban J connectivity index is 0.000000796. The summed E-state index contributed by atoms with van der Waals surface area (Å²) in [7, 11) is -2.87. The van der Waals surface area contributed by atoms with Crippen LogP contribution in [0.5, 0.6) is 5.75 Å². The van der Waals surface area contributed by atoms with Crippen LogP contribution in [0.1, 0.15) is 58.2 Å². The lowest BCUT2D eigenvalue weighted by Gasteiger charge is -2.30. The molecule has 3 N–H and O–H groups in total. The molecular formula is C15H26O4P+. The van der Waals surface area contributed by atoms with Crippen LogP contribution in [0.2, 0.25) is 0 Å². The van der Waals surface area contributed by atoms with E-state index in [1.807, 2.05) is 13.0 Å². The standard InChI is InChI=1S/C15H24O.HO3P/c1-10-8-11(14(2,3)4)12(9-13(10)16)15(5,6)7;1-4(2)3/h8-9,16H,1-7H3;(H-,1,2,3)/p+1. The van der Waals surface area contributed by atoms with Gasteiger partial charge in [-0.3, -0.25) is 0 Å². The Hall–Kier alpha value is -0.960. The van der Waals surface area contributed by atoms with Gasteiger partial charge in [0.15, 0.2) is 0 Å². The van der Waals surface area contributed by atoms with E-state index in [9.17, 15) is 5.11 Å². The molecule has 0 aliphatic carbocycles. The van der Waals surface area contributed by atoms with E-state index >= 15 is 0 Å². The molecule has 0 unspecified atom stereocenters. The Labute approximate surface area is 122 Å². The van der Waals surface area contributed by atoms with E-state index in [2.05, 4.69) is 47.6 Å². The summed E-state index contributed by atoms with van der Waals surface area (Å²) in [6, 6.07) is 4.05. The van der Waals surface area contributed by atoms with Gasteiger partial charge in [0.05, 0.1) is 0 Å². The van der Waals surface area contributed by atoms with Gasteiger partial charge in [0.2, 0.25) is 0 Å². The van der Waals surface area contributed by atoms with Gasteiger partial charge in [-0.15, -0.1) is 9.79 Å². The van der Waals surface area contributed by atoms with Crippen molar-refractivity contribution in [2.75, 3.05) is 0 Å². The Morgan fingerprint density at radius 2 is 1.20 bits per heavy atom. The van der Waals surface area contributed by atoms with E-state index in [1.54, 1.807) is 0 Å². The Kier molecular flexibility index (Phi) is 6.34. The first-order valence-electron chi connectivity index (χ1n) is 6.46. The van der Waals surface area contributed by atoms with Gasteiger partial charge in [-0.1, -0.05) is 47.6 Å². The molecule has 0 fully saturated rings. The van der Waals surface area contributed by atoms with Crippen LogP contribution in [0.4, 0.5) is 0 Å². The second-order valence-corrected chi connectivity index (χ2v) is 7.44. The van der Waals surface area contributed by atoms with E-state index in [0.717, 1.165) is 5.56 Å². The van der Waals surface area contributed by atoms with Crippen LogP contribution in [-0.2, 0) is 15.4 Å². The molecule has 0 heterocycles. The molecule has 0 aliphatic rings. The molecule has 5 heteroatoms. The highest BCUT2D eigenvalue weighted by atomic mass is 31.1. The van der Waals surface area contributed by atoms with E-state index in [4.69, 9.17) is 14.4 Å². The van der Waals surface area contributed by atoms with Gasteiger partial charge in [0, 0.05) is 4.57 Å². The number of rotatable bonds is 0. The number of benzene rings is 1. The topological polar surface area (TPSA) is 77.8 Å². The van der Waals surface area contributed by atoms with Crippen molar-refractivity contribution in [1.82, 2.24) is 0 Å². The van der Waals surface area contributed by atoms with Crippen molar-refractivity contribution in [3.8, 4) is 5.75 Å². The number of aromatic hydroxyl groups is 1. The van der Waals surface area contributed by atoms with Crippen molar-refractivity contribution in [2.45, 2.75) is 59.3 Å². The third-order valence-corrected chi connectivity index (χ3v) is 2.95. The van der Waals surface area contributed by atoms with Crippen LogP contribution in [0.3, 0.4) is 0 Å². The number of hydrogen-bond donors (Lipinski definition) is 3. The van der Waals surface area contributed by atoms with Crippen molar-refractivity contribution < 1.29 is 19.5 Å². The lowest BCUT2D eigenvalue weighted by atomic mass is 9.74. The molecule has 1 aromatic rings. The third kappa shape index (κ3) is 6.00. The smallest absolute Gasteiger partial charge is 0.508 e. The van der Waals surface area contributed by atoms with Crippen LogP contribution in [0.15, 0.2) is 12.1 Å². The lowest BCUT2D eigenvalue weighted by molar-refractivity contribution is 0.405. The van der Waals surface area contributed by atoms with E-state index in [1.165, 1.54) is 11.1 Å². The zero-order chi connectivity index (χ0) is 16.3. The van der Waals surface area contributed by atoms with Gasteiger partial charge >= 0.3 is 8.25 Å². The molecule has 1 aromatic carbocycles. The molecule has 0 saturated heterocycles. The molecular weight excluding hydrogens is 275 g/mol. The van der Waals surface area contributed by atoms with Gasteiger partial charge < -0.3 is 5.11 Å². The van der Waals surface area contributed by atoms with Gasteiger partial charge in [0.1, 0.15) is 5.75 Å². The summed E-state index contributed by atoms with van der Waals surface area (Å²) in [6.45, 7) is 15.2. The van der Waals surface area contributed by atoms with Crippen LogP contribution in [-0.4, -0.2) is 14.9 Å².